The number of likely N-dealkylation sites (N-methyl/N-ethyl adjacent to an activating group) is 1. The van der Waals surface area contributed by atoms with Crippen LogP contribution in [0.25, 0.3) is 0 Å². The summed E-state index contributed by atoms with van der Waals surface area (Å²) < 4.78 is 16.0. The van der Waals surface area contributed by atoms with Crippen LogP contribution < -0.4 is 0 Å². The number of aliphatic hydroxyl groups excluding tert-OH is 1. The molecule has 0 saturated carbocycles. The van der Waals surface area contributed by atoms with Crippen LogP contribution in [-0.4, -0.2) is 51.9 Å². The van der Waals surface area contributed by atoms with Crippen molar-refractivity contribution in [1.82, 2.24) is 19.6 Å². The van der Waals surface area contributed by atoms with E-state index in [-0.39, 0.29) is 5.82 Å². The average Bonchev–Trinajstić information content (AvgIpc) is 2.84. The maximum atomic E-state index is 14.1. The third-order valence-corrected chi connectivity index (χ3v) is 4.79. The Balaban J connectivity index is 1.76. The minimum atomic E-state index is -0.608. The van der Waals surface area contributed by atoms with Gasteiger partial charge in [0.2, 0.25) is 0 Å². The van der Waals surface area contributed by atoms with E-state index in [0.29, 0.717) is 35.9 Å². The first-order chi connectivity index (χ1) is 11.9. The highest BCUT2D eigenvalue weighted by Crippen LogP contribution is 2.24. The quantitative estimate of drug-likeness (QED) is 0.883. The van der Waals surface area contributed by atoms with Gasteiger partial charge in [0.1, 0.15) is 11.9 Å². The summed E-state index contributed by atoms with van der Waals surface area (Å²) in [6.45, 7) is 3.30. The smallest absolute Gasteiger partial charge is 0.129 e. The van der Waals surface area contributed by atoms with E-state index < -0.39 is 6.10 Å². The predicted octanol–water partition coefficient (Wildman–Crippen LogP) is 2.68. The minimum absolute atomic E-state index is 0.271. The van der Waals surface area contributed by atoms with Crippen molar-refractivity contribution in [3.63, 3.8) is 0 Å². The van der Waals surface area contributed by atoms with Crippen LogP contribution in [0.3, 0.4) is 0 Å². The highest BCUT2D eigenvalue weighted by atomic mass is 35.5. The fourth-order valence-corrected chi connectivity index (χ4v) is 3.42. The number of rotatable bonds is 5. The van der Waals surface area contributed by atoms with Crippen molar-refractivity contribution in [3.05, 3.63) is 52.1 Å². The number of aryl methyl sites for hydroxylation is 1. The summed E-state index contributed by atoms with van der Waals surface area (Å²) in [7, 11) is 3.84. The van der Waals surface area contributed by atoms with Crippen LogP contribution in [0.4, 0.5) is 4.39 Å². The largest absolute Gasteiger partial charge is 0.385 e. The van der Waals surface area contributed by atoms with Crippen molar-refractivity contribution in [3.8, 4) is 0 Å². The molecule has 7 heteroatoms. The summed E-state index contributed by atoms with van der Waals surface area (Å²) in [5.74, 6) is -0.271. The van der Waals surface area contributed by atoms with Gasteiger partial charge in [-0.05, 0) is 38.7 Å². The molecule has 1 unspecified atom stereocenters. The Morgan fingerprint density at radius 3 is 2.88 bits per heavy atom. The normalized spacial score (nSPS) is 16.7. The van der Waals surface area contributed by atoms with Crippen LogP contribution in [0.5, 0.6) is 0 Å². The number of nitrogens with zero attached hydrogens (tertiary/aromatic N) is 4. The van der Waals surface area contributed by atoms with Crippen molar-refractivity contribution in [2.75, 3.05) is 27.2 Å². The van der Waals surface area contributed by atoms with Crippen molar-refractivity contribution in [1.29, 1.82) is 0 Å². The third-order valence-electron chi connectivity index (χ3n) is 4.43. The molecule has 1 aromatic heterocycles. The molecule has 0 fully saturated rings. The van der Waals surface area contributed by atoms with Gasteiger partial charge in [0.15, 0.2) is 0 Å². The van der Waals surface area contributed by atoms with Gasteiger partial charge in [0.25, 0.3) is 0 Å². The zero-order chi connectivity index (χ0) is 18.0. The summed E-state index contributed by atoms with van der Waals surface area (Å²) >= 11 is 6.16. The molecular formula is C18H24ClFN4O. The summed E-state index contributed by atoms with van der Waals surface area (Å²) in [4.78, 5) is 4.11. The van der Waals surface area contributed by atoms with Gasteiger partial charge in [-0.1, -0.05) is 17.7 Å². The fourth-order valence-electron chi connectivity index (χ4n) is 3.19. The third kappa shape index (κ3) is 4.39. The van der Waals surface area contributed by atoms with Gasteiger partial charge in [-0.3, -0.25) is 9.58 Å². The second-order valence-electron chi connectivity index (χ2n) is 6.83. The molecule has 25 heavy (non-hydrogen) atoms. The molecule has 1 atom stereocenters. The fraction of sp³-hybridized carbons (Fsp3) is 0.500. The maximum absolute atomic E-state index is 14.1. The molecule has 5 nitrogen and oxygen atoms in total. The molecule has 1 aromatic carbocycles. The van der Waals surface area contributed by atoms with Crippen LogP contribution in [0.2, 0.25) is 5.02 Å². The van der Waals surface area contributed by atoms with E-state index in [9.17, 15) is 9.50 Å². The zero-order valence-corrected chi connectivity index (χ0v) is 15.4. The first-order valence-electron chi connectivity index (χ1n) is 8.48. The highest BCUT2D eigenvalue weighted by Gasteiger charge is 2.21. The Labute approximate surface area is 152 Å². The van der Waals surface area contributed by atoms with Gasteiger partial charge < -0.3 is 10.0 Å². The van der Waals surface area contributed by atoms with Crippen LogP contribution in [0, 0.1) is 5.82 Å². The van der Waals surface area contributed by atoms with Crippen LogP contribution in [0.1, 0.15) is 29.5 Å². The Morgan fingerprint density at radius 1 is 1.36 bits per heavy atom. The molecule has 0 saturated heterocycles. The molecule has 0 aliphatic carbocycles. The summed E-state index contributed by atoms with van der Waals surface area (Å²) in [6.07, 6.45) is 0.313. The van der Waals surface area contributed by atoms with E-state index in [1.165, 1.54) is 6.07 Å². The first kappa shape index (κ1) is 18.3. The molecule has 1 aliphatic rings. The zero-order valence-electron chi connectivity index (χ0n) is 14.6. The lowest BCUT2D eigenvalue weighted by Gasteiger charge is -2.20. The molecule has 0 radical (unpaired) electrons. The minimum Gasteiger partial charge on any atom is -0.385 e. The van der Waals surface area contributed by atoms with Gasteiger partial charge in [0.05, 0.1) is 11.4 Å². The average molecular weight is 367 g/mol. The van der Waals surface area contributed by atoms with Crippen molar-refractivity contribution < 1.29 is 9.50 Å². The monoisotopic (exact) mass is 366 g/mol. The van der Waals surface area contributed by atoms with E-state index in [1.807, 2.05) is 29.7 Å². The number of aromatic nitrogens is 2. The molecule has 0 amide bonds. The number of hydrogen-bond acceptors (Lipinski definition) is 4. The van der Waals surface area contributed by atoms with Crippen LogP contribution in [-0.2, 0) is 19.6 Å². The SMILES string of the molecule is CN(C)CC(O)c1cc2n(n1)CCCN(Cc1c(F)cccc1Cl)C2. The molecule has 0 bridgehead atoms. The molecule has 1 aliphatic heterocycles. The van der Waals surface area contributed by atoms with Crippen LogP contribution in [0.15, 0.2) is 24.3 Å². The van der Waals surface area contributed by atoms with Gasteiger partial charge in [0, 0.05) is 43.3 Å². The molecular weight excluding hydrogens is 343 g/mol. The molecule has 136 valence electrons. The second-order valence-corrected chi connectivity index (χ2v) is 7.23. The lowest BCUT2D eigenvalue weighted by atomic mass is 10.2. The van der Waals surface area contributed by atoms with Gasteiger partial charge in [-0.25, -0.2) is 4.39 Å². The predicted molar refractivity (Wildman–Crippen MR) is 95.9 cm³/mol. The lowest BCUT2D eigenvalue weighted by Crippen LogP contribution is -2.23. The number of hydrogen-bond donors (Lipinski definition) is 1. The summed E-state index contributed by atoms with van der Waals surface area (Å²) in [5, 5.41) is 15.3. The van der Waals surface area contributed by atoms with E-state index in [2.05, 4.69) is 10.00 Å². The highest BCUT2D eigenvalue weighted by molar-refractivity contribution is 6.31. The molecule has 2 aromatic rings. The number of halogens is 2. The van der Waals surface area contributed by atoms with Gasteiger partial charge in [-0.2, -0.15) is 5.10 Å². The molecule has 1 N–H and O–H groups in total. The van der Waals surface area contributed by atoms with Crippen molar-refractivity contribution >= 4 is 11.6 Å². The van der Waals surface area contributed by atoms with E-state index >= 15 is 0 Å². The second kappa shape index (κ2) is 7.83. The Morgan fingerprint density at radius 2 is 2.16 bits per heavy atom. The number of benzene rings is 1. The Hall–Kier alpha value is -1.47. The molecule has 3 rings (SSSR count). The van der Waals surface area contributed by atoms with Gasteiger partial charge >= 0.3 is 0 Å². The molecule has 2 heterocycles. The number of aliphatic hydroxyl groups is 1. The Kier molecular flexibility index (Phi) is 5.74. The first-order valence-corrected chi connectivity index (χ1v) is 8.86. The maximum Gasteiger partial charge on any atom is 0.129 e. The molecule has 0 spiro atoms. The summed E-state index contributed by atoms with van der Waals surface area (Å²) in [5.41, 5.74) is 2.26. The standard InChI is InChI=1S/C18H24ClFN4O/c1-22(2)12-18(25)17-9-13-10-23(7-4-8-24(13)21-17)11-14-15(19)5-3-6-16(14)20/h3,5-6,9,18,25H,4,7-8,10-12H2,1-2H3. The lowest BCUT2D eigenvalue weighted by molar-refractivity contribution is 0.133. The van der Waals surface area contributed by atoms with E-state index in [1.54, 1.807) is 12.1 Å². The van der Waals surface area contributed by atoms with E-state index in [4.69, 9.17) is 11.6 Å². The summed E-state index contributed by atoms with van der Waals surface area (Å²) in [6, 6.07) is 6.74. The topological polar surface area (TPSA) is 44.5 Å². The van der Waals surface area contributed by atoms with Crippen LogP contribution >= 0.6 is 11.6 Å². The van der Waals surface area contributed by atoms with E-state index in [0.717, 1.165) is 25.2 Å². The van der Waals surface area contributed by atoms with Crippen molar-refractivity contribution in [2.24, 2.45) is 0 Å². The Bertz CT molecular complexity index is 714. The number of fused-ring (bicyclic) bond motifs is 1. The van der Waals surface area contributed by atoms with Gasteiger partial charge in [-0.15, -0.1) is 0 Å². The van der Waals surface area contributed by atoms with Crippen molar-refractivity contribution in [2.45, 2.75) is 32.2 Å².